The third-order valence-corrected chi connectivity index (χ3v) is 3.49. The van der Waals surface area contributed by atoms with E-state index in [-0.39, 0.29) is 0 Å². The van der Waals surface area contributed by atoms with Crippen LogP contribution in [0.3, 0.4) is 0 Å². The van der Waals surface area contributed by atoms with E-state index in [0.717, 1.165) is 11.4 Å². The van der Waals surface area contributed by atoms with Crippen LogP contribution in [-0.4, -0.2) is 10.2 Å². The highest BCUT2D eigenvalue weighted by atomic mass is 32.1. The molecule has 2 rings (SSSR count). The molecule has 4 heteroatoms. The molecule has 0 atom stereocenters. The first kappa shape index (κ1) is 12.0. The number of nitrogen functional groups attached to an aromatic ring is 1. The van der Waals surface area contributed by atoms with Crippen molar-refractivity contribution in [1.82, 2.24) is 10.2 Å². The number of hydrogen-bond donors (Lipinski definition) is 1. The SMILES string of the molecule is Nc1nnc(CCCCCc2ccccc2)s1. The van der Waals surface area contributed by atoms with E-state index in [4.69, 9.17) is 5.73 Å². The van der Waals surface area contributed by atoms with Crippen LogP contribution in [0.15, 0.2) is 30.3 Å². The number of anilines is 1. The van der Waals surface area contributed by atoms with Crippen molar-refractivity contribution in [1.29, 1.82) is 0 Å². The second-order valence-corrected chi connectivity index (χ2v) is 5.17. The summed E-state index contributed by atoms with van der Waals surface area (Å²) >= 11 is 1.50. The fourth-order valence-electron chi connectivity index (χ4n) is 1.79. The minimum atomic E-state index is 0.573. The number of nitrogens with two attached hydrogens (primary N) is 1. The van der Waals surface area contributed by atoms with Gasteiger partial charge in [-0.1, -0.05) is 48.1 Å². The summed E-state index contributed by atoms with van der Waals surface area (Å²) in [6, 6.07) is 10.6. The molecule has 1 aromatic heterocycles. The van der Waals surface area contributed by atoms with Gasteiger partial charge in [-0.3, -0.25) is 0 Å². The van der Waals surface area contributed by atoms with Gasteiger partial charge in [-0.15, -0.1) is 10.2 Å². The molecule has 0 amide bonds. The zero-order valence-electron chi connectivity index (χ0n) is 9.80. The predicted molar refractivity (Wildman–Crippen MR) is 72.0 cm³/mol. The zero-order valence-corrected chi connectivity index (χ0v) is 10.6. The molecule has 0 aliphatic heterocycles. The number of aromatic nitrogens is 2. The summed E-state index contributed by atoms with van der Waals surface area (Å²) in [4.78, 5) is 0. The molecule has 17 heavy (non-hydrogen) atoms. The Morgan fingerprint density at radius 3 is 2.41 bits per heavy atom. The van der Waals surface area contributed by atoms with Gasteiger partial charge in [0.2, 0.25) is 5.13 Å². The topological polar surface area (TPSA) is 51.8 Å². The van der Waals surface area contributed by atoms with Crippen LogP contribution in [0.4, 0.5) is 5.13 Å². The van der Waals surface area contributed by atoms with Gasteiger partial charge in [0, 0.05) is 6.42 Å². The van der Waals surface area contributed by atoms with E-state index in [1.807, 2.05) is 0 Å². The minimum absolute atomic E-state index is 0.573. The molecular weight excluding hydrogens is 230 g/mol. The van der Waals surface area contributed by atoms with Gasteiger partial charge in [0.25, 0.3) is 0 Å². The number of aryl methyl sites for hydroxylation is 2. The fourth-order valence-corrected chi connectivity index (χ4v) is 2.45. The van der Waals surface area contributed by atoms with Crippen LogP contribution in [0.25, 0.3) is 0 Å². The Labute approximate surface area is 106 Å². The van der Waals surface area contributed by atoms with E-state index >= 15 is 0 Å². The molecule has 0 fully saturated rings. The third kappa shape index (κ3) is 4.15. The van der Waals surface area contributed by atoms with Gasteiger partial charge in [-0.2, -0.15) is 0 Å². The molecule has 1 heterocycles. The highest BCUT2D eigenvalue weighted by molar-refractivity contribution is 7.15. The highest BCUT2D eigenvalue weighted by Crippen LogP contribution is 2.14. The third-order valence-electron chi connectivity index (χ3n) is 2.68. The average Bonchev–Trinajstić information content (AvgIpc) is 2.76. The van der Waals surface area contributed by atoms with Gasteiger partial charge in [-0.05, 0) is 24.8 Å². The molecule has 0 aliphatic rings. The zero-order chi connectivity index (χ0) is 11.9. The lowest BCUT2D eigenvalue weighted by Gasteiger charge is -2.00. The van der Waals surface area contributed by atoms with Gasteiger partial charge < -0.3 is 5.73 Å². The molecule has 0 unspecified atom stereocenters. The molecule has 0 spiro atoms. The summed E-state index contributed by atoms with van der Waals surface area (Å²) < 4.78 is 0. The Morgan fingerprint density at radius 1 is 0.941 bits per heavy atom. The summed E-state index contributed by atoms with van der Waals surface area (Å²) in [7, 11) is 0. The first-order valence-electron chi connectivity index (χ1n) is 5.96. The summed E-state index contributed by atoms with van der Waals surface area (Å²) in [5.74, 6) is 0. The van der Waals surface area contributed by atoms with Crippen LogP contribution in [0.1, 0.15) is 29.8 Å². The number of benzene rings is 1. The standard InChI is InChI=1S/C13H17N3S/c14-13-16-15-12(17-13)10-6-2-5-9-11-7-3-1-4-8-11/h1,3-4,7-8H,2,5-6,9-10H2,(H2,14,16). The van der Waals surface area contributed by atoms with Crippen molar-refractivity contribution in [3.05, 3.63) is 40.9 Å². The Morgan fingerprint density at radius 2 is 1.71 bits per heavy atom. The van der Waals surface area contributed by atoms with Gasteiger partial charge >= 0.3 is 0 Å². The summed E-state index contributed by atoms with van der Waals surface area (Å²) in [6.07, 6.45) is 5.80. The fraction of sp³-hybridized carbons (Fsp3) is 0.385. The minimum Gasteiger partial charge on any atom is -0.374 e. The van der Waals surface area contributed by atoms with Crippen LogP contribution >= 0.6 is 11.3 Å². The lowest BCUT2D eigenvalue weighted by atomic mass is 10.1. The summed E-state index contributed by atoms with van der Waals surface area (Å²) in [6.45, 7) is 0. The van der Waals surface area contributed by atoms with E-state index in [0.29, 0.717) is 5.13 Å². The Hall–Kier alpha value is -1.42. The van der Waals surface area contributed by atoms with Crippen molar-refractivity contribution >= 4 is 16.5 Å². The Kier molecular flexibility index (Phi) is 4.50. The molecule has 2 N–H and O–H groups in total. The van der Waals surface area contributed by atoms with E-state index in [1.54, 1.807) is 0 Å². The maximum absolute atomic E-state index is 5.53. The van der Waals surface area contributed by atoms with Crippen molar-refractivity contribution < 1.29 is 0 Å². The van der Waals surface area contributed by atoms with E-state index in [2.05, 4.69) is 40.5 Å². The Balaban J connectivity index is 1.61. The van der Waals surface area contributed by atoms with E-state index in [1.165, 1.54) is 42.6 Å². The second-order valence-electron chi connectivity index (χ2n) is 4.08. The maximum Gasteiger partial charge on any atom is 0.203 e. The van der Waals surface area contributed by atoms with Gasteiger partial charge in [0.05, 0.1) is 0 Å². The van der Waals surface area contributed by atoms with Crippen LogP contribution < -0.4 is 5.73 Å². The van der Waals surface area contributed by atoms with Crippen molar-refractivity contribution in [2.45, 2.75) is 32.1 Å². The molecular formula is C13H17N3S. The predicted octanol–water partition coefficient (Wildman–Crippen LogP) is 3.08. The highest BCUT2D eigenvalue weighted by Gasteiger charge is 2.00. The average molecular weight is 247 g/mol. The van der Waals surface area contributed by atoms with Gasteiger partial charge in [0.15, 0.2) is 0 Å². The van der Waals surface area contributed by atoms with Crippen LogP contribution in [0.2, 0.25) is 0 Å². The number of rotatable bonds is 6. The monoisotopic (exact) mass is 247 g/mol. The lowest BCUT2D eigenvalue weighted by Crippen LogP contribution is -1.88. The number of nitrogens with zero attached hydrogens (tertiary/aromatic N) is 2. The van der Waals surface area contributed by atoms with Gasteiger partial charge in [0.1, 0.15) is 5.01 Å². The molecule has 0 saturated carbocycles. The van der Waals surface area contributed by atoms with Crippen molar-refractivity contribution in [2.24, 2.45) is 0 Å². The van der Waals surface area contributed by atoms with Crippen LogP contribution in [0.5, 0.6) is 0 Å². The number of unbranched alkanes of at least 4 members (excludes halogenated alkanes) is 2. The molecule has 0 radical (unpaired) electrons. The van der Waals surface area contributed by atoms with Gasteiger partial charge in [-0.25, -0.2) is 0 Å². The lowest BCUT2D eigenvalue weighted by molar-refractivity contribution is 0.674. The molecule has 0 aliphatic carbocycles. The van der Waals surface area contributed by atoms with Crippen molar-refractivity contribution in [3.8, 4) is 0 Å². The molecule has 90 valence electrons. The van der Waals surface area contributed by atoms with Crippen LogP contribution in [-0.2, 0) is 12.8 Å². The molecule has 1 aromatic carbocycles. The normalized spacial score (nSPS) is 10.6. The smallest absolute Gasteiger partial charge is 0.203 e. The van der Waals surface area contributed by atoms with E-state index < -0.39 is 0 Å². The molecule has 0 saturated heterocycles. The second kappa shape index (κ2) is 6.35. The first-order chi connectivity index (χ1) is 8.34. The molecule has 3 nitrogen and oxygen atoms in total. The quantitative estimate of drug-likeness (QED) is 0.798. The summed E-state index contributed by atoms with van der Waals surface area (Å²) in [5, 5.41) is 9.46. The Bertz CT molecular complexity index is 439. The molecule has 0 bridgehead atoms. The van der Waals surface area contributed by atoms with Crippen molar-refractivity contribution in [3.63, 3.8) is 0 Å². The maximum atomic E-state index is 5.53. The number of hydrogen-bond acceptors (Lipinski definition) is 4. The summed E-state index contributed by atoms with van der Waals surface area (Å²) in [5.41, 5.74) is 6.95. The van der Waals surface area contributed by atoms with Crippen molar-refractivity contribution in [2.75, 3.05) is 5.73 Å². The molecule has 2 aromatic rings. The van der Waals surface area contributed by atoms with Crippen LogP contribution in [0, 0.1) is 0 Å². The van der Waals surface area contributed by atoms with E-state index in [9.17, 15) is 0 Å². The first-order valence-corrected chi connectivity index (χ1v) is 6.78. The largest absolute Gasteiger partial charge is 0.374 e.